The number of likely N-dealkylation sites (N-methyl/N-ethyl adjacent to an activating group) is 1. The van der Waals surface area contributed by atoms with E-state index >= 15 is 0 Å². The number of hydrogen-bond acceptors (Lipinski definition) is 2. The van der Waals surface area contributed by atoms with Gasteiger partial charge in [-0.2, -0.15) is 0 Å². The second-order valence-electron chi connectivity index (χ2n) is 4.13. The van der Waals surface area contributed by atoms with Crippen LogP contribution in [0.25, 0.3) is 0 Å². The fourth-order valence-corrected chi connectivity index (χ4v) is 2.38. The zero-order chi connectivity index (χ0) is 11.9. The molecule has 84 valence electrons. The van der Waals surface area contributed by atoms with E-state index < -0.39 is 5.92 Å². The van der Waals surface area contributed by atoms with E-state index in [0.717, 1.165) is 16.8 Å². The zero-order valence-corrected chi connectivity index (χ0v) is 9.78. The quantitative estimate of drug-likeness (QED) is 0.711. The highest BCUT2D eigenvalue weighted by Gasteiger charge is 2.39. The normalized spacial score (nSPS) is 18.8. The lowest BCUT2D eigenvalue weighted by Crippen LogP contribution is -2.30. The van der Waals surface area contributed by atoms with E-state index in [9.17, 15) is 9.59 Å². The Labute approximate surface area is 95.1 Å². The summed E-state index contributed by atoms with van der Waals surface area (Å²) >= 11 is 0. The maximum Gasteiger partial charge on any atom is 0.242 e. The van der Waals surface area contributed by atoms with Gasteiger partial charge in [-0.25, -0.2) is 0 Å². The molecule has 0 saturated heterocycles. The molecule has 16 heavy (non-hydrogen) atoms. The Morgan fingerprint density at radius 3 is 2.69 bits per heavy atom. The summed E-state index contributed by atoms with van der Waals surface area (Å²) in [6.07, 6.45) is 0. The molecule has 2 rings (SSSR count). The lowest BCUT2D eigenvalue weighted by atomic mass is 9.93. The van der Waals surface area contributed by atoms with Crippen molar-refractivity contribution < 1.29 is 9.59 Å². The summed E-state index contributed by atoms with van der Waals surface area (Å²) in [5.41, 5.74) is 2.80. The number of amides is 1. The maximum atomic E-state index is 12.1. The first-order valence-corrected chi connectivity index (χ1v) is 5.49. The summed E-state index contributed by atoms with van der Waals surface area (Å²) in [6, 6.07) is 5.78. The number of rotatable bonds is 2. The van der Waals surface area contributed by atoms with Crippen molar-refractivity contribution >= 4 is 17.4 Å². The molecule has 1 aliphatic heterocycles. The number of fused-ring (bicyclic) bond motifs is 1. The van der Waals surface area contributed by atoms with Crippen molar-refractivity contribution in [2.24, 2.45) is 0 Å². The van der Waals surface area contributed by atoms with Crippen LogP contribution < -0.4 is 4.90 Å². The molecule has 1 aliphatic rings. The smallest absolute Gasteiger partial charge is 0.242 e. The third-order valence-electron chi connectivity index (χ3n) is 3.12. The number of Topliss-reactive ketones (excluding diaryl/α,β-unsaturated/α-hetero) is 1. The number of ketones is 1. The molecule has 0 spiro atoms. The standard InChI is InChI=1S/C13H15NO2/c1-4-14-10-7-5-6-8(2)11(10)12(9(3)15)13(14)16/h5-7,12H,4H2,1-3H3. The summed E-state index contributed by atoms with van der Waals surface area (Å²) < 4.78 is 0. The van der Waals surface area contributed by atoms with Crippen LogP contribution in [0.3, 0.4) is 0 Å². The van der Waals surface area contributed by atoms with Crippen LogP contribution in [-0.2, 0) is 9.59 Å². The highest BCUT2D eigenvalue weighted by atomic mass is 16.2. The Balaban J connectivity index is 2.64. The van der Waals surface area contributed by atoms with Gasteiger partial charge < -0.3 is 4.90 Å². The Morgan fingerprint density at radius 2 is 2.12 bits per heavy atom. The van der Waals surface area contributed by atoms with Crippen LogP contribution in [-0.4, -0.2) is 18.2 Å². The van der Waals surface area contributed by atoms with Crippen LogP contribution in [0.2, 0.25) is 0 Å². The highest BCUT2D eigenvalue weighted by molar-refractivity contribution is 6.17. The molecule has 0 bridgehead atoms. The van der Waals surface area contributed by atoms with Crippen molar-refractivity contribution in [1.82, 2.24) is 0 Å². The predicted molar refractivity (Wildman–Crippen MR) is 62.6 cm³/mol. The Hall–Kier alpha value is -1.64. The Kier molecular flexibility index (Phi) is 2.54. The summed E-state index contributed by atoms with van der Waals surface area (Å²) in [6.45, 7) is 5.96. The van der Waals surface area contributed by atoms with Gasteiger partial charge in [0.2, 0.25) is 5.91 Å². The van der Waals surface area contributed by atoms with Crippen molar-refractivity contribution in [2.45, 2.75) is 26.7 Å². The molecule has 1 amide bonds. The van der Waals surface area contributed by atoms with Gasteiger partial charge in [-0.3, -0.25) is 9.59 Å². The third kappa shape index (κ3) is 1.35. The first-order valence-electron chi connectivity index (χ1n) is 5.49. The number of hydrogen-bond donors (Lipinski definition) is 0. The lowest BCUT2D eigenvalue weighted by Gasteiger charge is -2.14. The minimum atomic E-state index is -0.587. The second-order valence-corrected chi connectivity index (χ2v) is 4.13. The molecule has 1 aromatic carbocycles. The summed E-state index contributed by atoms with van der Waals surface area (Å²) in [7, 11) is 0. The Bertz CT molecular complexity index is 465. The molecule has 3 heteroatoms. The van der Waals surface area contributed by atoms with E-state index in [1.807, 2.05) is 32.0 Å². The molecule has 0 aliphatic carbocycles. The van der Waals surface area contributed by atoms with Crippen molar-refractivity contribution in [3.63, 3.8) is 0 Å². The zero-order valence-electron chi connectivity index (χ0n) is 9.78. The van der Waals surface area contributed by atoms with Crippen molar-refractivity contribution in [3.8, 4) is 0 Å². The molecule has 0 radical (unpaired) electrons. The Morgan fingerprint density at radius 1 is 1.44 bits per heavy atom. The van der Waals surface area contributed by atoms with Crippen LogP contribution in [0.5, 0.6) is 0 Å². The van der Waals surface area contributed by atoms with E-state index in [2.05, 4.69) is 0 Å². The van der Waals surface area contributed by atoms with Gasteiger partial charge in [0.1, 0.15) is 11.7 Å². The topological polar surface area (TPSA) is 37.4 Å². The fraction of sp³-hybridized carbons (Fsp3) is 0.385. The number of carbonyl (C=O) groups is 2. The van der Waals surface area contributed by atoms with E-state index in [1.54, 1.807) is 4.90 Å². The molecule has 1 aromatic rings. The number of aryl methyl sites for hydroxylation is 1. The number of nitrogens with zero attached hydrogens (tertiary/aromatic N) is 1. The monoisotopic (exact) mass is 217 g/mol. The van der Waals surface area contributed by atoms with Gasteiger partial charge >= 0.3 is 0 Å². The first kappa shape index (κ1) is 10.9. The number of benzene rings is 1. The summed E-state index contributed by atoms with van der Waals surface area (Å²) in [4.78, 5) is 25.4. The number of anilines is 1. The largest absolute Gasteiger partial charge is 0.311 e. The van der Waals surface area contributed by atoms with Crippen LogP contribution in [0, 0.1) is 6.92 Å². The summed E-state index contributed by atoms with van der Waals surface area (Å²) in [5.74, 6) is -0.744. The maximum absolute atomic E-state index is 12.1. The van der Waals surface area contributed by atoms with Crippen molar-refractivity contribution in [2.75, 3.05) is 11.4 Å². The van der Waals surface area contributed by atoms with Crippen molar-refractivity contribution in [3.05, 3.63) is 29.3 Å². The van der Waals surface area contributed by atoms with E-state index in [4.69, 9.17) is 0 Å². The molecule has 1 atom stereocenters. The molecule has 0 fully saturated rings. The molecule has 0 N–H and O–H groups in total. The second kappa shape index (κ2) is 3.74. The molecular formula is C13H15NO2. The molecular weight excluding hydrogens is 202 g/mol. The van der Waals surface area contributed by atoms with Crippen LogP contribution in [0.4, 0.5) is 5.69 Å². The summed E-state index contributed by atoms with van der Waals surface area (Å²) in [5, 5.41) is 0. The van der Waals surface area contributed by atoms with E-state index in [1.165, 1.54) is 6.92 Å². The molecule has 1 heterocycles. The van der Waals surface area contributed by atoms with E-state index in [-0.39, 0.29) is 11.7 Å². The first-order chi connectivity index (χ1) is 7.57. The van der Waals surface area contributed by atoms with Gasteiger partial charge in [0.25, 0.3) is 0 Å². The molecule has 3 nitrogen and oxygen atoms in total. The van der Waals surface area contributed by atoms with E-state index in [0.29, 0.717) is 6.54 Å². The van der Waals surface area contributed by atoms with Crippen LogP contribution in [0.15, 0.2) is 18.2 Å². The average molecular weight is 217 g/mol. The van der Waals surface area contributed by atoms with Gasteiger partial charge in [0.05, 0.1) is 0 Å². The lowest BCUT2D eigenvalue weighted by molar-refractivity contribution is -0.127. The highest BCUT2D eigenvalue weighted by Crippen LogP contribution is 2.39. The molecule has 0 saturated carbocycles. The fourth-order valence-electron chi connectivity index (χ4n) is 2.38. The van der Waals surface area contributed by atoms with Crippen LogP contribution in [0.1, 0.15) is 30.9 Å². The molecule has 0 aromatic heterocycles. The minimum Gasteiger partial charge on any atom is -0.311 e. The third-order valence-corrected chi connectivity index (χ3v) is 3.12. The molecule has 1 unspecified atom stereocenters. The minimum absolute atomic E-state index is 0.0727. The van der Waals surface area contributed by atoms with Gasteiger partial charge in [-0.05, 0) is 38.0 Å². The predicted octanol–water partition coefficient (Wildman–Crippen LogP) is 2.03. The van der Waals surface area contributed by atoms with Gasteiger partial charge in [0, 0.05) is 12.2 Å². The van der Waals surface area contributed by atoms with Gasteiger partial charge in [-0.15, -0.1) is 0 Å². The van der Waals surface area contributed by atoms with Gasteiger partial charge in [-0.1, -0.05) is 12.1 Å². The van der Waals surface area contributed by atoms with Crippen molar-refractivity contribution in [1.29, 1.82) is 0 Å². The van der Waals surface area contributed by atoms with Gasteiger partial charge in [0.15, 0.2) is 0 Å². The number of carbonyl (C=O) groups excluding carboxylic acids is 2. The SMILES string of the molecule is CCN1C(=O)C(C(C)=O)c2c(C)cccc21. The average Bonchev–Trinajstić information content (AvgIpc) is 2.51. The van der Waals surface area contributed by atoms with Crippen LogP contribution >= 0.6 is 0 Å².